The molecule has 1 aliphatic carbocycles. The second kappa shape index (κ2) is 8.67. The summed E-state index contributed by atoms with van der Waals surface area (Å²) < 4.78 is 6.79. The Kier molecular flexibility index (Phi) is 5.75. The van der Waals surface area contributed by atoms with Crippen molar-refractivity contribution in [1.29, 1.82) is 0 Å². The fraction of sp³-hybridized carbons (Fsp3) is 0.565. The molecule has 2 saturated heterocycles. The minimum absolute atomic E-state index is 0.00566. The quantitative estimate of drug-likeness (QED) is 0.642. The highest BCUT2D eigenvalue weighted by Gasteiger charge is 2.48. The Balaban J connectivity index is 1.32. The SMILES string of the molecule is O=C1[C@@H]2CCCC[C@H]2C(=O)N1CCC(=O)N(C[C@H]1CCCO1)c1nc2ccccc2s1. The molecule has 2 aromatic rings. The van der Waals surface area contributed by atoms with Gasteiger partial charge in [-0.15, -0.1) is 0 Å². The molecule has 3 atom stereocenters. The average molecular weight is 442 g/mol. The van der Waals surface area contributed by atoms with Gasteiger partial charge < -0.3 is 4.74 Å². The number of carbonyl (C=O) groups is 3. The van der Waals surface area contributed by atoms with Crippen LogP contribution in [-0.4, -0.2) is 53.4 Å². The molecule has 164 valence electrons. The third-order valence-corrected chi connectivity index (χ3v) is 7.77. The monoisotopic (exact) mass is 441 g/mol. The zero-order valence-electron chi connectivity index (χ0n) is 17.5. The van der Waals surface area contributed by atoms with E-state index in [0.29, 0.717) is 18.3 Å². The van der Waals surface area contributed by atoms with Crippen LogP contribution in [0.1, 0.15) is 44.9 Å². The number of imide groups is 1. The molecule has 3 heterocycles. The fourth-order valence-corrected chi connectivity index (χ4v) is 6.04. The second-order valence-electron chi connectivity index (χ2n) is 8.68. The summed E-state index contributed by atoms with van der Waals surface area (Å²) in [7, 11) is 0. The molecule has 2 aliphatic heterocycles. The zero-order valence-corrected chi connectivity index (χ0v) is 18.3. The van der Waals surface area contributed by atoms with Gasteiger partial charge in [0.15, 0.2) is 5.13 Å². The zero-order chi connectivity index (χ0) is 21.4. The van der Waals surface area contributed by atoms with E-state index in [0.717, 1.165) is 48.7 Å². The van der Waals surface area contributed by atoms with Crippen molar-refractivity contribution < 1.29 is 19.1 Å². The summed E-state index contributed by atoms with van der Waals surface area (Å²) in [5.41, 5.74) is 0.863. The van der Waals surface area contributed by atoms with E-state index in [1.165, 1.54) is 16.2 Å². The maximum Gasteiger partial charge on any atom is 0.233 e. The van der Waals surface area contributed by atoms with Crippen LogP contribution in [0.15, 0.2) is 24.3 Å². The summed E-state index contributed by atoms with van der Waals surface area (Å²) in [5, 5.41) is 0.648. The third kappa shape index (κ3) is 3.99. The van der Waals surface area contributed by atoms with Gasteiger partial charge in [-0.2, -0.15) is 0 Å². The first-order valence-corrected chi connectivity index (χ1v) is 12.1. The summed E-state index contributed by atoms with van der Waals surface area (Å²) in [6, 6.07) is 7.82. The number of ether oxygens (including phenoxy) is 1. The molecule has 0 radical (unpaired) electrons. The molecule has 0 unspecified atom stereocenters. The molecular weight excluding hydrogens is 414 g/mol. The fourth-order valence-electron chi connectivity index (χ4n) is 5.05. The van der Waals surface area contributed by atoms with Gasteiger partial charge in [0.05, 0.1) is 34.7 Å². The number of amides is 3. The number of fused-ring (bicyclic) bond motifs is 2. The number of carbonyl (C=O) groups excluding carboxylic acids is 3. The highest BCUT2D eigenvalue weighted by Crippen LogP contribution is 2.38. The van der Waals surface area contributed by atoms with Gasteiger partial charge in [0, 0.05) is 19.6 Å². The van der Waals surface area contributed by atoms with E-state index in [4.69, 9.17) is 4.74 Å². The summed E-state index contributed by atoms with van der Waals surface area (Å²) in [6.07, 6.45) is 5.59. The van der Waals surface area contributed by atoms with E-state index < -0.39 is 0 Å². The maximum atomic E-state index is 13.3. The van der Waals surface area contributed by atoms with Gasteiger partial charge in [-0.3, -0.25) is 24.2 Å². The molecule has 0 spiro atoms. The number of nitrogens with zero attached hydrogens (tertiary/aromatic N) is 3. The van der Waals surface area contributed by atoms with E-state index in [1.54, 1.807) is 4.90 Å². The molecule has 5 rings (SSSR count). The minimum atomic E-state index is -0.177. The maximum absolute atomic E-state index is 13.3. The molecule has 3 fully saturated rings. The molecule has 3 aliphatic rings. The first kappa shape index (κ1) is 20.6. The molecule has 1 saturated carbocycles. The Bertz CT molecular complexity index is 943. The summed E-state index contributed by atoms with van der Waals surface area (Å²) >= 11 is 1.48. The lowest BCUT2D eigenvalue weighted by Gasteiger charge is -2.24. The number of likely N-dealkylation sites (tertiary alicyclic amines) is 1. The third-order valence-electron chi connectivity index (χ3n) is 6.71. The van der Waals surface area contributed by atoms with Gasteiger partial charge in [0.1, 0.15) is 0 Å². The molecule has 3 amide bonds. The van der Waals surface area contributed by atoms with E-state index >= 15 is 0 Å². The lowest BCUT2D eigenvalue weighted by molar-refractivity contribution is -0.140. The Morgan fingerprint density at radius 1 is 1.10 bits per heavy atom. The van der Waals surface area contributed by atoms with Crippen molar-refractivity contribution in [3.05, 3.63) is 24.3 Å². The van der Waals surface area contributed by atoms with Crippen molar-refractivity contribution in [3.63, 3.8) is 0 Å². The number of hydrogen-bond donors (Lipinski definition) is 0. The van der Waals surface area contributed by atoms with Crippen molar-refractivity contribution in [1.82, 2.24) is 9.88 Å². The number of thiazole rings is 1. The van der Waals surface area contributed by atoms with Crippen LogP contribution < -0.4 is 4.90 Å². The predicted octanol–water partition coefficient (Wildman–Crippen LogP) is 3.37. The van der Waals surface area contributed by atoms with Crippen molar-refractivity contribution in [3.8, 4) is 0 Å². The Morgan fingerprint density at radius 2 is 1.84 bits per heavy atom. The summed E-state index contributed by atoms with van der Waals surface area (Å²) in [4.78, 5) is 46.5. The normalized spacial score (nSPS) is 25.9. The van der Waals surface area contributed by atoms with Gasteiger partial charge in [-0.25, -0.2) is 4.98 Å². The molecule has 8 heteroatoms. The van der Waals surface area contributed by atoms with Crippen molar-refractivity contribution >= 4 is 44.4 Å². The van der Waals surface area contributed by atoms with Crippen LogP contribution in [-0.2, 0) is 19.1 Å². The van der Waals surface area contributed by atoms with Gasteiger partial charge in [-0.1, -0.05) is 36.3 Å². The Morgan fingerprint density at radius 3 is 2.52 bits per heavy atom. The van der Waals surface area contributed by atoms with Crippen LogP contribution in [0, 0.1) is 11.8 Å². The van der Waals surface area contributed by atoms with Crippen LogP contribution in [0.5, 0.6) is 0 Å². The Hall–Kier alpha value is -2.32. The van der Waals surface area contributed by atoms with Crippen LogP contribution in [0.25, 0.3) is 10.2 Å². The molecule has 0 N–H and O–H groups in total. The summed E-state index contributed by atoms with van der Waals surface area (Å²) in [6.45, 7) is 1.31. The first-order valence-electron chi connectivity index (χ1n) is 11.2. The first-order chi connectivity index (χ1) is 15.1. The number of anilines is 1. The smallest absolute Gasteiger partial charge is 0.233 e. The average Bonchev–Trinajstić information content (AvgIpc) is 3.50. The van der Waals surface area contributed by atoms with Gasteiger partial charge in [-0.05, 0) is 37.8 Å². The van der Waals surface area contributed by atoms with Crippen molar-refractivity contribution in [2.45, 2.75) is 51.0 Å². The van der Waals surface area contributed by atoms with Crippen molar-refractivity contribution in [2.75, 3.05) is 24.6 Å². The van der Waals surface area contributed by atoms with Crippen LogP contribution in [0.3, 0.4) is 0 Å². The number of rotatable bonds is 6. The minimum Gasteiger partial charge on any atom is -0.376 e. The standard InChI is InChI=1S/C23H27N3O4S/c27-20(11-12-25-21(28)16-7-1-2-8-17(16)22(25)29)26(14-15-6-5-13-30-15)23-24-18-9-3-4-10-19(18)31-23/h3-4,9-10,15-17H,1-2,5-8,11-14H2/t15-,16-,17-/m1/s1. The van der Waals surface area contributed by atoms with Crippen LogP contribution >= 0.6 is 11.3 Å². The predicted molar refractivity (Wildman–Crippen MR) is 118 cm³/mol. The number of aromatic nitrogens is 1. The van der Waals surface area contributed by atoms with Gasteiger partial charge in [0.25, 0.3) is 0 Å². The molecular formula is C23H27N3O4S. The second-order valence-corrected chi connectivity index (χ2v) is 9.69. The van der Waals surface area contributed by atoms with E-state index in [2.05, 4.69) is 4.98 Å². The van der Waals surface area contributed by atoms with Gasteiger partial charge >= 0.3 is 0 Å². The molecule has 0 bridgehead atoms. The lowest BCUT2D eigenvalue weighted by Crippen LogP contribution is -2.40. The van der Waals surface area contributed by atoms with E-state index in [9.17, 15) is 14.4 Å². The highest BCUT2D eigenvalue weighted by atomic mass is 32.1. The summed E-state index contributed by atoms with van der Waals surface area (Å²) in [5.74, 6) is -0.654. The highest BCUT2D eigenvalue weighted by molar-refractivity contribution is 7.22. The van der Waals surface area contributed by atoms with Crippen LogP contribution in [0.2, 0.25) is 0 Å². The van der Waals surface area contributed by atoms with Gasteiger partial charge in [0.2, 0.25) is 17.7 Å². The molecule has 1 aromatic heterocycles. The lowest BCUT2D eigenvalue weighted by atomic mass is 9.81. The molecule has 1 aromatic carbocycles. The number of para-hydroxylation sites is 1. The van der Waals surface area contributed by atoms with E-state index in [-0.39, 0.29) is 48.6 Å². The molecule has 7 nitrogen and oxygen atoms in total. The topological polar surface area (TPSA) is 79.8 Å². The molecule has 31 heavy (non-hydrogen) atoms. The van der Waals surface area contributed by atoms with Crippen molar-refractivity contribution in [2.24, 2.45) is 11.8 Å². The number of benzene rings is 1. The van der Waals surface area contributed by atoms with E-state index in [1.807, 2.05) is 24.3 Å². The number of hydrogen-bond acceptors (Lipinski definition) is 6. The Labute approximate surface area is 185 Å². The van der Waals surface area contributed by atoms with Crippen LogP contribution in [0.4, 0.5) is 5.13 Å². The largest absolute Gasteiger partial charge is 0.376 e.